The van der Waals surface area contributed by atoms with Gasteiger partial charge in [-0.3, -0.25) is 14.7 Å². The molecule has 0 radical (unpaired) electrons. The van der Waals surface area contributed by atoms with Gasteiger partial charge in [-0.1, -0.05) is 35.9 Å². The van der Waals surface area contributed by atoms with Crippen LogP contribution >= 0.6 is 7.60 Å². The highest BCUT2D eigenvalue weighted by molar-refractivity contribution is 7.62. The molecule has 0 unspecified atom stereocenters. The Hall–Kier alpha value is -3.00. The lowest BCUT2D eigenvalue weighted by atomic mass is 10.1. The van der Waals surface area contributed by atoms with Crippen molar-refractivity contribution in [2.45, 2.75) is 27.3 Å². The number of hydrogen-bond acceptors (Lipinski definition) is 8. The smallest absolute Gasteiger partial charge is 0.385 e. The highest BCUT2D eigenvalue weighted by atomic mass is 31.2. The Morgan fingerprint density at radius 3 is 2.42 bits per heavy atom. The van der Waals surface area contributed by atoms with Crippen LogP contribution in [0, 0.1) is 17.0 Å². The number of anilines is 1. The summed E-state index contributed by atoms with van der Waals surface area (Å²) in [7, 11) is -3.77. The molecule has 1 aromatic heterocycles. The van der Waals surface area contributed by atoms with Gasteiger partial charge in [0.25, 0.3) is 5.69 Å². The fourth-order valence-corrected chi connectivity index (χ4v) is 4.46. The molecular formula is C21H24N3O6P. The molecule has 3 rings (SSSR count). The second-order valence-electron chi connectivity index (χ2n) is 6.65. The number of non-ortho nitro benzene ring substituents is 1. The lowest BCUT2D eigenvalue weighted by Gasteiger charge is -2.15. The number of aryl methyl sites for hydroxylation is 1. The Labute approximate surface area is 180 Å². The van der Waals surface area contributed by atoms with E-state index < -0.39 is 12.5 Å². The van der Waals surface area contributed by atoms with E-state index in [0.29, 0.717) is 12.1 Å². The van der Waals surface area contributed by atoms with Crippen molar-refractivity contribution in [3.63, 3.8) is 0 Å². The Morgan fingerprint density at radius 1 is 1.13 bits per heavy atom. The van der Waals surface area contributed by atoms with Crippen LogP contribution in [0.5, 0.6) is 0 Å². The minimum absolute atomic E-state index is 0.00446. The molecule has 1 N–H and O–H groups in total. The van der Waals surface area contributed by atoms with E-state index in [2.05, 4.69) is 10.3 Å². The number of nitro benzene ring substituents is 1. The quantitative estimate of drug-likeness (QED) is 0.261. The Bertz CT molecular complexity index is 1090. The van der Waals surface area contributed by atoms with Gasteiger partial charge in [-0.15, -0.1) is 0 Å². The molecule has 10 heteroatoms. The second kappa shape index (κ2) is 9.87. The van der Waals surface area contributed by atoms with Gasteiger partial charge in [0.15, 0.2) is 0 Å². The first kappa shape index (κ1) is 22.7. The number of oxazole rings is 1. The van der Waals surface area contributed by atoms with Crippen LogP contribution in [-0.2, 0) is 20.2 Å². The van der Waals surface area contributed by atoms with Gasteiger partial charge >= 0.3 is 7.60 Å². The molecule has 0 atom stereocenters. The summed E-state index contributed by atoms with van der Waals surface area (Å²) < 4.78 is 30.1. The first-order valence-electron chi connectivity index (χ1n) is 9.81. The van der Waals surface area contributed by atoms with Crippen LogP contribution in [0.3, 0.4) is 0 Å². The van der Waals surface area contributed by atoms with Crippen molar-refractivity contribution in [3.8, 4) is 11.5 Å². The van der Waals surface area contributed by atoms with Crippen LogP contribution < -0.4 is 10.8 Å². The van der Waals surface area contributed by atoms with Crippen LogP contribution in [0.2, 0.25) is 0 Å². The van der Waals surface area contributed by atoms with E-state index in [4.69, 9.17) is 13.5 Å². The van der Waals surface area contributed by atoms with E-state index in [9.17, 15) is 14.7 Å². The molecular weight excluding hydrogens is 421 g/mol. The Kier molecular flexibility index (Phi) is 7.22. The summed E-state index contributed by atoms with van der Waals surface area (Å²) in [5, 5.41) is 14.2. The van der Waals surface area contributed by atoms with Crippen LogP contribution in [0.15, 0.2) is 52.9 Å². The zero-order valence-corrected chi connectivity index (χ0v) is 18.4. The zero-order chi connectivity index (χ0) is 22.4. The number of rotatable bonds is 10. The maximum Gasteiger partial charge on any atom is 0.385 e. The summed E-state index contributed by atoms with van der Waals surface area (Å²) in [5.74, 6) is 0.206. The molecule has 0 aliphatic heterocycles. The number of hydrogen-bond donors (Lipinski definition) is 1. The normalized spacial score (nSPS) is 11.5. The topological polar surface area (TPSA) is 117 Å². The predicted octanol–water partition coefficient (Wildman–Crippen LogP) is 5.06. The van der Waals surface area contributed by atoms with Crippen LogP contribution in [0.25, 0.3) is 11.5 Å². The number of nitro groups is 1. The lowest BCUT2D eigenvalue weighted by Crippen LogP contribution is -2.16. The standard InChI is InChI=1S/C21H24N3O6P/c1-4-28-31(27,29-5-2)21-20(22-14-16-11-9-15(3)10-12-16)30-19(23-21)17-7-6-8-18(13-17)24(25)26/h6-13,22H,4-5,14H2,1-3H3. The largest absolute Gasteiger partial charge is 0.420 e. The number of benzene rings is 2. The van der Waals surface area contributed by atoms with E-state index in [0.717, 1.165) is 11.1 Å². The predicted molar refractivity (Wildman–Crippen MR) is 118 cm³/mol. The molecule has 9 nitrogen and oxygen atoms in total. The molecule has 0 spiro atoms. The SMILES string of the molecule is CCOP(=O)(OCC)c1nc(-c2cccc([N+](=O)[O-])c2)oc1NCc1ccc(C)cc1. The van der Waals surface area contributed by atoms with E-state index in [1.54, 1.807) is 19.9 Å². The molecule has 2 aromatic carbocycles. The first-order chi connectivity index (χ1) is 14.9. The average molecular weight is 445 g/mol. The van der Waals surface area contributed by atoms with Gasteiger partial charge in [0.2, 0.25) is 17.2 Å². The van der Waals surface area contributed by atoms with Crippen molar-refractivity contribution >= 4 is 24.6 Å². The van der Waals surface area contributed by atoms with Gasteiger partial charge in [-0.2, -0.15) is 4.98 Å². The van der Waals surface area contributed by atoms with Crippen molar-refractivity contribution < 1.29 is 23.0 Å². The molecule has 31 heavy (non-hydrogen) atoms. The van der Waals surface area contributed by atoms with Crippen molar-refractivity contribution in [2.24, 2.45) is 0 Å². The lowest BCUT2D eigenvalue weighted by molar-refractivity contribution is -0.384. The molecule has 0 aliphatic rings. The van der Waals surface area contributed by atoms with E-state index in [-0.39, 0.29) is 36.1 Å². The maximum absolute atomic E-state index is 13.4. The minimum Gasteiger partial charge on any atom is -0.420 e. The molecule has 0 aliphatic carbocycles. The summed E-state index contributed by atoms with van der Waals surface area (Å²) in [6.07, 6.45) is 0. The summed E-state index contributed by atoms with van der Waals surface area (Å²) in [6.45, 7) is 6.08. The number of nitrogens with one attached hydrogen (secondary N) is 1. The number of aromatic nitrogens is 1. The molecule has 0 saturated heterocycles. The molecule has 0 amide bonds. The fraction of sp³-hybridized carbons (Fsp3) is 0.286. The van der Waals surface area contributed by atoms with Gasteiger partial charge in [-0.05, 0) is 32.4 Å². The van der Waals surface area contributed by atoms with Crippen LogP contribution in [-0.4, -0.2) is 23.1 Å². The van der Waals surface area contributed by atoms with E-state index in [1.165, 1.54) is 18.2 Å². The van der Waals surface area contributed by atoms with Gasteiger partial charge in [0, 0.05) is 24.2 Å². The van der Waals surface area contributed by atoms with Crippen molar-refractivity contribution in [1.29, 1.82) is 0 Å². The summed E-state index contributed by atoms with van der Waals surface area (Å²) in [4.78, 5) is 15.0. The highest BCUT2D eigenvalue weighted by Gasteiger charge is 2.36. The molecule has 3 aromatic rings. The molecule has 1 heterocycles. The molecule has 0 fully saturated rings. The monoisotopic (exact) mass is 445 g/mol. The van der Waals surface area contributed by atoms with E-state index >= 15 is 0 Å². The molecule has 0 bridgehead atoms. The zero-order valence-electron chi connectivity index (χ0n) is 17.5. The van der Waals surface area contributed by atoms with Crippen molar-refractivity contribution in [3.05, 3.63) is 69.8 Å². The maximum atomic E-state index is 13.4. The van der Waals surface area contributed by atoms with Crippen LogP contribution in [0.1, 0.15) is 25.0 Å². The minimum atomic E-state index is -3.77. The van der Waals surface area contributed by atoms with Crippen molar-refractivity contribution in [2.75, 3.05) is 18.5 Å². The summed E-state index contributed by atoms with van der Waals surface area (Å²) >= 11 is 0. The van der Waals surface area contributed by atoms with Gasteiger partial charge in [0.05, 0.1) is 18.1 Å². The third kappa shape index (κ3) is 5.38. The van der Waals surface area contributed by atoms with Crippen LogP contribution in [0.4, 0.5) is 11.6 Å². The van der Waals surface area contributed by atoms with E-state index in [1.807, 2.05) is 31.2 Å². The third-order valence-corrected chi connectivity index (χ3v) is 6.36. The Balaban J connectivity index is 2.02. The molecule has 0 saturated carbocycles. The first-order valence-corrected chi connectivity index (χ1v) is 11.3. The average Bonchev–Trinajstić information content (AvgIpc) is 3.19. The van der Waals surface area contributed by atoms with Gasteiger partial charge in [-0.25, -0.2) is 0 Å². The fourth-order valence-electron chi connectivity index (χ4n) is 2.88. The molecule has 164 valence electrons. The highest BCUT2D eigenvalue weighted by Crippen LogP contribution is 2.49. The number of nitrogens with zero attached hydrogens (tertiary/aromatic N) is 2. The van der Waals surface area contributed by atoms with Gasteiger partial charge in [0.1, 0.15) is 0 Å². The second-order valence-corrected chi connectivity index (χ2v) is 8.59. The van der Waals surface area contributed by atoms with Crippen molar-refractivity contribution in [1.82, 2.24) is 4.98 Å². The third-order valence-electron chi connectivity index (χ3n) is 4.34. The summed E-state index contributed by atoms with van der Waals surface area (Å²) in [6, 6.07) is 13.8. The Morgan fingerprint density at radius 2 is 1.81 bits per heavy atom. The summed E-state index contributed by atoms with van der Waals surface area (Å²) in [5.41, 5.74) is 2.38. The van der Waals surface area contributed by atoms with Gasteiger partial charge < -0.3 is 18.8 Å².